The van der Waals surface area contributed by atoms with Crippen molar-refractivity contribution < 1.29 is 19.7 Å². The molecule has 6 heteroatoms. The quantitative estimate of drug-likeness (QED) is 0.560. The minimum atomic E-state index is -0.464. The van der Waals surface area contributed by atoms with E-state index < -0.39 is 12.2 Å². The summed E-state index contributed by atoms with van der Waals surface area (Å²) >= 11 is 0. The number of benzene rings is 2. The standard InChI is InChI=1S/C26H36N2O4/c29-23(17-27-13-1-2-14-27)19-31-25-9-5-21(6-10-25)22-7-11-26(12-8-22)32-20-24(30)18-28-15-3-4-16-28/h5-12,23-24,29-30H,1-4,13-20H2. The number of aliphatic hydroxyl groups excluding tert-OH is 2. The molecule has 174 valence electrons. The van der Waals surface area contributed by atoms with Crippen molar-refractivity contribution in [1.82, 2.24) is 9.80 Å². The number of β-amino-alcohol motifs (C(OH)–C–C–N with tert-alkyl or cyclic N) is 2. The summed E-state index contributed by atoms with van der Waals surface area (Å²) < 4.78 is 11.5. The van der Waals surface area contributed by atoms with E-state index >= 15 is 0 Å². The molecule has 2 unspecified atom stereocenters. The lowest BCUT2D eigenvalue weighted by Crippen LogP contribution is -2.33. The highest BCUT2D eigenvalue weighted by molar-refractivity contribution is 5.64. The van der Waals surface area contributed by atoms with Gasteiger partial charge in [-0.1, -0.05) is 24.3 Å². The summed E-state index contributed by atoms with van der Waals surface area (Å²) in [7, 11) is 0. The number of ether oxygens (including phenoxy) is 2. The predicted octanol–water partition coefficient (Wildman–Crippen LogP) is 3.02. The molecular weight excluding hydrogens is 404 g/mol. The van der Waals surface area contributed by atoms with Crippen molar-refractivity contribution >= 4 is 0 Å². The van der Waals surface area contributed by atoms with Gasteiger partial charge in [0.1, 0.15) is 36.9 Å². The van der Waals surface area contributed by atoms with Crippen LogP contribution in [0.15, 0.2) is 48.5 Å². The van der Waals surface area contributed by atoms with Crippen molar-refractivity contribution in [2.24, 2.45) is 0 Å². The van der Waals surface area contributed by atoms with E-state index in [9.17, 15) is 10.2 Å². The molecule has 2 N–H and O–H groups in total. The van der Waals surface area contributed by atoms with Gasteiger partial charge in [0.2, 0.25) is 0 Å². The monoisotopic (exact) mass is 440 g/mol. The van der Waals surface area contributed by atoms with E-state index in [0.29, 0.717) is 26.3 Å². The second-order valence-corrected chi connectivity index (χ2v) is 8.99. The average Bonchev–Trinajstić information content (AvgIpc) is 3.52. The van der Waals surface area contributed by atoms with E-state index in [0.717, 1.165) is 48.8 Å². The van der Waals surface area contributed by atoms with Gasteiger partial charge in [-0.3, -0.25) is 0 Å². The van der Waals surface area contributed by atoms with Gasteiger partial charge in [-0.25, -0.2) is 0 Å². The highest BCUT2D eigenvalue weighted by Crippen LogP contribution is 2.25. The molecule has 2 atom stereocenters. The third kappa shape index (κ3) is 6.94. The van der Waals surface area contributed by atoms with Crippen LogP contribution in [0.25, 0.3) is 11.1 Å². The smallest absolute Gasteiger partial charge is 0.119 e. The zero-order chi connectivity index (χ0) is 22.2. The van der Waals surface area contributed by atoms with Crippen molar-refractivity contribution in [1.29, 1.82) is 0 Å². The summed E-state index contributed by atoms with van der Waals surface area (Å²) in [5.41, 5.74) is 2.19. The van der Waals surface area contributed by atoms with Crippen molar-refractivity contribution in [3.8, 4) is 22.6 Å². The summed E-state index contributed by atoms with van der Waals surface area (Å²) in [6.45, 7) is 6.30. The molecule has 2 aliphatic heterocycles. The van der Waals surface area contributed by atoms with Crippen LogP contribution in [0, 0.1) is 0 Å². The molecule has 2 aliphatic rings. The summed E-state index contributed by atoms with van der Waals surface area (Å²) in [6.07, 6.45) is 3.97. The number of rotatable bonds is 11. The van der Waals surface area contributed by atoms with Gasteiger partial charge in [-0.15, -0.1) is 0 Å². The van der Waals surface area contributed by atoms with E-state index in [-0.39, 0.29) is 0 Å². The molecule has 2 aromatic carbocycles. The Hall–Kier alpha value is -2.12. The lowest BCUT2D eigenvalue weighted by Gasteiger charge is -2.19. The summed E-state index contributed by atoms with van der Waals surface area (Å²) in [6, 6.07) is 15.9. The molecule has 0 aromatic heterocycles. The minimum Gasteiger partial charge on any atom is -0.491 e. The van der Waals surface area contributed by atoms with Gasteiger partial charge in [-0.05, 0) is 87.3 Å². The van der Waals surface area contributed by atoms with Gasteiger partial charge in [-0.2, -0.15) is 0 Å². The van der Waals surface area contributed by atoms with E-state index in [1.54, 1.807) is 0 Å². The van der Waals surface area contributed by atoms with Crippen LogP contribution in [0.5, 0.6) is 11.5 Å². The molecule has 4 rings (SSSR count). The molecule has 2 fully saturated rings. The first-order chi connectivity index (χ1) is 15.7. The molecule has 0 bridgehead atoms. The van der Waals surface area contributed by atoms with Gasteiger partial charge in [0.05, 0.1) is 0 Å². The molecule has 0 amide bonds. The fraction of sp³-hybridized carbons (Fsp3) is 0.538. The maximum atomic E-state index is 10.2. The van der Waals surface area contributed by atoms with Crippen LogP contribution < -0.4 is 9.47 Å². The van der Waals surface area contributed by atoms with Crippen LogP contribution in [0.2, 0.25) is 0 Å². The first kappa shape index (κ1) is 23.1. The van der Waals surface area contributed by atoms with Crippen molar-refractivity contribution in [3.05, 3.63) is 48.5 Å². The summed E-state index contributed by atoms with van der Waals surface area (Å²) in [5, 5.41) is 20.4. The summed E-state index contributed by atoms with van der Waals surface area (Å²) in [5.74, 6) is 1.53. The third-order valence-electron chi connectivity index (χ3n) is 6.26. The van der Waals surface area contributed by atoms with Crippen LogP contribution >= 0.6 is 0 Å². The van der Waals surface area contributed by atoms with Crippen LogP contribution in [-0.2, 0) is 0 Å². The lowest BCUT2D eigenvalue weighted by molar-refractivity contribution is 0.0757. The topological polar surface area (TPSA) is 65.4 Å². The molecule has 6 nitrogen and oxygen atoms in total. The van der Waals surface area contributed by atoms with Crippen LogP contribution in [0.3, 0.4) is 0 Å². The first-order valence-corrected chi connectivity index (χ1v) is 11.9. The Balaban J connectivity index is 1.21. The second kappa shape index (κ2) is 11.7. The van der Waals surface area contributed by atoms with Crippen molar-refractivity contribution in [2.45, 2.75) is 37.9 Å². The molecule has 0 radical (unpaired) electrons. The molecule has 0 aliphatic carbocycles. The Bertz CT molecular complexity index is 730. The van der Waals surface area contributed by atoms with Gasteiger partial charge in [0.25, 0.3) is 0 Å². The molecule has 2 saturated heterocycles. The maximum Gasteiger partial charge on any atom is 0.119 e. The predicted molar refractivity (Wildman–Crippen MR) is 126 cm³/mol. The Morgan fingerprint density at radius 1 is 0.594 bits per heavy atom. The Labute approximate surface area is 191 Å². The van der Waals surface area contributed by atoms with Gasteiger partial charge >= 0.3 is 0 Å². The van der Waals surface area contributed by atoms with Crippen LogP contribution in [-0.4, -0.2) is 84.7 Å². The Kier molecular flexibility index (Phi) is 8.40. The van der Waals surface area contributed by atoms with Gasteiger partial charge in [0, 0.05) is 13.1 Å². The molecular formula is C26H36N2O4. The average molecular weight is 441 g/mol. The van der Waals surface area contributed by atoms with Crippen molar-refractivity contribution in [2.75, 3.05) is 52.5 Å². The molecule has 2 heterocycles. The Morgan fingerprint density at radius 3 is 1.28 bits per heavy atom. The Morgan fingerprint density at radius 2 is 0.938 bits per heavy atom. The second-order valence-electron chi connectivity index (χ2n) is 8.99. The zero-order valence-corrected chi connectivity index (χ0v) is 18.9. The van der Waals surface area contributed by atoms with E-state index in [4.69, 9.17) is 9.47 Å². The zero-order valence-electron chi connectivity index (χ0n) is 18.9. The largest absolute Gasteiger partial charge is 0.491 e. The molecule has 0 saturated carbocycles. The van der Waals surface area contributed by atoms with E-state index in [1.165, 1.54) is 25.7 Å². The van der Waals surface area contributed by atoms with Gasteiger partial charge < -0.3 is 29.5 Å². The normalized spacial score (nSPS) is 19.2. The number of hydrogen-bond acceptors (Lipinski definition) is 6. The highest BCUT2D eigenvalue weighted by Gasteiger charge is 2.17. The first-order valence-electron chi connectivity index (χ1n) is 11.9. The highest BCUT2D eigenvalue weighted by atomic mass is 16.5. The van der Waals surface area contributed by atoms with Gasteiger partial charge in [0.15, 0.2) is 0 Å². The summed E-state index contributed by atoms with van der Waals surface area (Å²) in [4.78, 5) is 4.58. The number of likely N-dealkylation sites (tertiary alicyclic amines) is 2. The maximum absolute atomic E-state index is 10.2. The molecule has 32 heavy (non-hydrogen) atoms. The van der Waals surface area contributed by atoms with Crippen LogP contribution in [0.4, 0.5) is 0 Å². The minimum absolute atomic E-state index is 0.311. The van der Waals surface area contributed by atoms with E-state index in [2.05, 4.69) is 9.80 Å². The molecule has 2 aromatic rings. The number of aliphatic hydroxyl groups is 2. The van der Waals surface area contributed by atoms with E-state index in [1.807, 2.05) is 48.5 Å². The third-order valence-corrected chi connectivity index (χ3v) is 6.26. The fourth-order valence-corrected chi connectivity index (χ4v) is 4.50. The molecule has 0 spiro atoms. The van der Waals surface area contributed by atoms with Crippen LogP contribution in [0.1, 0.15) is 25.7 Å². The fourth-order valence-electron chi connectivity index (χ4n) is 4.50. The number of nitrogens with zero attached hydrogens (tertiary/aromatic N) is 2. The van der Waals surface area contributed by atoms with Crippen molar-refractivity contribution in [3.63, 3.8) is 0 Å². The number of hydrogen-bond donors (Lipinski definition) is 2. The lowest BCUT2D eigenvalue weighted by atomic mass is 10.1. The SMILES string of the molecule is OC(COc1ccc(-c2ccc(OCC(O)CN3CCCC3)cc2)cc1)CN1CCCC1.